The SMILES string of the molecule is C=C(CCC(=O)N1N=CCC1c1cc(C)cc(P)c1)CN1CC(S(C)(=O)=O)C1. The summed E-state index contributed by atoms with van der Waals surface area (Å²) in [4.78, 5) is 14.8. The highest BCUT2D eigenvalue weighted by molar-refractivity contribution is 7.91. The van der Waals surface area contributed by atoms with Crippen molar-refractivity contribution in [3.05, 3.63) is 41.5 Å². The third-order valence-electron chi connectivity index (χ3n) is 5.26. The highest BCUT2D eigenvalue weighted by Gasteiger charge is 2.34. The van der Waals surface area contributed by atoms with E-state index >= 15 is 0 Å². The number of hydrogen-bond acceptors (Lipinski definition) is 5. The summed E-state index contributed by atoms with van der Waals surface area (Å²) >= 11 is 0. The summed E-state index contributed by atoms with van der Waals surface area (Å²) in [5.74, 6) is -0.00988. The van der Waals surface area contributed by atoms with Crippen LogP contribution in [0.25, 0.3) is 0 Å². The Labute approximate surface area is 169 Å². The molecule has 2 heterocycles. The van der Waals surface area contributed by atoms with Crippen LogP contribution in [-0.2, 0) is 14.6 Å². The first kappa shape index (κ1) is 21.2. The number of benzene rings is 1. The summed E-state index contributed by atoms with van der Waals surface area (Å²) in [6, 6.07) is 6.22. The number of carbonyl (C=O) groups is 1. The second-order valence-corrected chi connectivity index (χ2v) is 10.9. The number of hydrogen-bond donors (Lipinski definition) is 0. The van der Waals surface area contributed by atoms with E-state index in [1.165, 1.54) is 6.26 Å². The van der Waals surface area contributed by atoms with Gasteiger partial charge in [-0.1, -0.05) is 29.8 Å². The summed E-state index contributed by atoms with van der Waals surface area (Å²) in [5.41, 5.74) is 3.21. The van der Waals surface area contributed by atoms with Gasteiger partial charge in [-0.15, -0.1) is 9.24 Å². The fraction of sp³-hybridized carbons (Fsp3) is 0.500. The van der Waals surface area contributed by atoms with Crippen LogP contribution in [-0.4, -0.2) is 61.6 Å². The van der Waals surface area contributed by atoms with Gasteiger partial charge in [-0.2, -0.15) is 5.10 Å². The molecule has 1 fully saturated rings. The maximum atomic E-state index is 12.7. The van der Waals surface area contributed by atoms with E-state index in [4.69, 9.17) is 0 Å². The van der Waals surface area contributed by atoms with Crippen molar-refractivity contribution in [2.24, 2.45) is 5.10 Å². The van der Waals surface area contributed by atoms with Gasteiger partial charge < -0.3 is 0 Å². The molecule has 1 aromatic rings. The molecule has 0 saturated carbocycles. The smallest absolute Gasteiger partial charge is 0.243 e. The second kappa shape index (κ2) is 8.44. The highest BCUT2D eigenvalue weighted by Crippen LogP contribution is 2.29. The van der Waals surface area contributed by atoms with Crippen LogP contribution >= 0.6 is 9.24 Å². The molecule has 0 bridgehead atoms. The van der Waals surface area contributed by atoms with Crippen LogP contribution in [0.4, 0.5) is 0 Å². The Kier molecular flexibility index (Phi) is 6.37. The summed E-state index contributed by atoms with van der Waals surface area (Å²) in [6.45, 7) is 7.85. The van der Waals surface area contributed by atoms with E-state index in [1.54, 1.807) is 11.2 Å². The molecule has 28 heavy (non-hydrogen) atoms. The van der Waals surface area contributed by atoms with Gasteiger partial charge in [-0.25, -0.2) is 13.4 Å². The molecule has 0 spiro atoms. The Morgan fingerprint density at radius 2 is 2.00 bits per heavy atom. The monoisotopic (exact) mass is 421 g/mol. The quantitative estimate of drug-likeness (QED) is 0.498. The van der Waals surface area contributed by atoms with Gasteiger partial charge in [0.15, 0.2) is 9.84 Å². The van der Waals surface area contributed by atoms with Crippen LogP contribution in [0, 0.1) is 6.92 Å². The van der Waals surface area contributed by atoms with Crippen molar-refractivity contribution in [3.8, 4) is 0 Å². The fourth-order valence-electron chi connectivity index (χ4n) is 3.68. The first-order valence-corrected chi connectivity index (χ1v) is 12.0. The molecule has 0 N–H and O–H groups in total. The number of nitrogens with zero attached hydrogens (tertiary/aromatic N) is 3. The van der Waals surface area contributed by atoms with Gasteiger partial charge in [-0.05, 0) is 30.3 Å². The van der Waals surface area contributed by atoms with Gasteiger partial charge in [0.2, 0.25) is 5.91 Å². The predicted octanol–water partition coefficient (Wildman–Crippen LogP) is 1.82. The summed E-state index contributed by atoms with van der Waals surface area (Å²) < 4.78 is 23.0. The minimum absolute atomic E-state index is 0.00988. The normalized spacial score (nSPS) is 20.4. The lowest BCUT2D eigenvalue weighted by Crippen LogP contribution is -2.54. The molecule has 2 aliphatic heterocycles. The largest absolute Gasteiger partial charge is 0.297 e. The summed E-state index contributed by atoms with van der Waals surface area (Å²) in [5, 5.41) is 6.73. The first-order chi connectivity index (χ1) is 13.1. The molecular formula is C20H28N3O3PS. The van der Waals surface area contributed by atoms with E-state index in [0.29, 0.717) is 32.5 Å². The van der Waals surface area contributed by atoms with E-state index in [-0.39, 0.29) is 17.2 Å². The van der Waals surface area contributed by atoms with Crippen molar-refractivity contribution < 1.29 is 13.2 Å². The van der Waals surface area contributed by atoms with Gasteiger partial charge in [0, 0.05) is 44.9 Å². The van der Waals surface area contributed by atoms with Crippen LogP contribution in [0.1, 0.15) is 36.4 Å². The zero-order chi connectivity index (χ0) is 20.5. The van der Waals surface area contributed by atoms with E-state index in [0.717, 1.165) is 28.4 Å². The van der Waals surface area contributed by atoms with E-state index in [1.807, 2.05) is 6.92 Å². The molecular weight excluding hydrogens is 393 g/mol. The maximum Gasteiger partial charge on any atom is 0.243 e. The number of rotatable bonds is 7. The molecule has 2 atom stereocenters. The number of sulfone groups is 1. The van der Waals surface area contributed by atoms with Crippen molar-refractivity contribution >= 4 is 36.5 Å². The number of carbonyl (C=O) groups excluding carboxylic acids is 1. The molecule has 1 amide bonds. The minimum atomic E-state index is -2.96. The van der Waals surface area contributed by atoms with Crippen LogP contribution in [0.15, 0.2) is 35.5 Å². The molecule has 2 aliphatic rings. The van der Waals surface area contributed by atoms with Crippen LogP contribution < -0.4 is 5.30 Å². The molecule has 2 unspecified atom stereocenters. The number of aryl methyl sites for hydroxylation is 1. The average molecular weight is 422 g/mol. The van der Waals surface area contributed by atoms with Crippen LogP contribution in [0.3, 0.4) is 0 Å². The Morgan fingerprint density at radius 3 is 2.64 bits per heavy atom. The van der Waals surface area contributed by atoms with E-state index in [2.05, 4.69) is 44.0 Å². The standard InChI is InChI=1S/C20H28N3O3PS/c1-14(11-22-12-18(13-22)28(3,25)26)4-5-20(24)23-19(6-7-21-23)16-8-15(2)9-17(27)10-16/h7-10,18-19H,1,4-6,11-13,27H2,2-3H3. The molecule has 0 aliphatic carbocycles. The van der Waals surface area contributed by atoms with Gasteiger partial charge >= 0.3 is 0 Å². The summed E-state index contributed by atoms with van der Waals surface area (Å²) in [7, 11) is -0.250. The van der Waals surface area contributed by atoms with Crippen molar-refractivity contribution in [1.29, 1.82) is 0 Å². The van der Waals surface area contributed by atoms with Crippen molar-refractivity contribution in [2.75, 3.05) is 25.9 Å². The fourth-order valence-corrected chi connectivity index (χ4v) is 5.10. The van der Waals surface area contributed by atoms with Crippen molar-refractivity contribution in [3.63, 3.8) is 0 Å². The van der Waals surface area contributed by atoms with Crippen LogP contribution in [0.2, 0.25) is 0 Å². The van der Waals surface area contributed by atoms with Gasteiger partial charge in [-0.3, -0.25) is 9.69 Å². The van der Waals surface area contributed by atoms with Crippen molar-refractivity contribution in [1.82, 2.24) is 9.91 Å². The maximum absolute atomic E-state index is 12.7. The highest BCUT2D eigenvalue weighted by atomic mass is 32.2. The number of hydrazone groups is 1. The van der Waals surface area contributed by atoms with Gasteiger partial charge in [0.1, 0.15) is 0 Å². The van der Waals surface area contributed by atoms with E-state index < -0.39 is 9.84 Å². The van der Waals surface area contributed by atoms with Gasteiger partial charge in [0.05, 0.1) is 11.3 Å². The molecule has 0 radical (unpaired) electrons. The molecule has 3 rings (SSSR count). The molecule has 1 aromatic carbocycles. The summed E-state index contributed by atoms with van der Waals surface area (Å²) in [6.07, 6.45) is 4.74. The Balaban J connectivity index is 1.50. The predicted molar refractivity (Wildman–Crippen MR) is 117 cm³/mol. The lowest BCUT2D eigenvalue weighted by Gasteiger charge is -2.38. The molecule has 6 nitrogen and oxygen atoms in total. The number of likely N-dealkylation sites (tertiary alicyclic amines) is 1. The third-order valence-corrected chi connectivity index (χ3v) is 7.10. The first-order valence-electron chi connectivity index (χ1n) is 9.43. The molecule has 8 heteroatoms. The molecule has 152 valence electrons. The molecule has 0 aromatic heterocycles. The average Bonchev–Trinajstić information content (AvgIpc) is 3.03. The van der Waals surface area contributed by atoms with Crippen LogP contribution in [0.5, 0.6) is 0 Å². The molecule has 1 saturated heterocycles. The Hall–Kier alpha value is -1.56. The second-order valence-electron chi connectivity index (χ2n) is 7.86. The minimum Gasteiger partial charge on any atom is -0.297 e. The third kappa shape index (κ3) is 5.07. The lowest BCUT2D eigenvalue weighted by molar-refractivity contribution is -0.133. The van der Waals surface area contributed by atoms with Crippen molar-refractivity contribution in [2.45, 2.75) is 37.5 Å². The topological polar surface area (TPSA) is 70.1 Å². The van der Waals surface area contributed by atoms with Gasteiger partial charge in [0.25, 0.3) is 0 Å². The zero-order valence-electron chi connectivity index (χ0n) is 16.5. The zero-order valence-corrected chi connectivity index (χ0v) is 18.4. The van der Waals surface area contributed by atoms with E-state index in [9.17, 15) is 13.2 Å². The Bertz CT molecular complexity index is 887. The lowest BCUT2D eigenvalue weighted by atomic mass is 10.0. The number of amides is 1. The Morgan fingerprint density at radius 1 is 1.29 bits per heavy atom.